The number of allylic oxidation sites excluding steroid dienone is 1. The number of methoxy groups -OCH3 is 1. The Labute approximate surface area is 281 Å². The van der Waals surface area contributed by atoms with E-state index in [4.69, 9.17) is 19.2 Å². The van der Waals surface area contributed by atoms with Crippen LogP contribution in [0.3, 0.4) is 0 Å². The largest absolute Gasteiger partial charge is 0.496 e. The van der Waals surface area contributed by atoms with Gasteiger partial charge in [-0.05, 0) is 88.1 Å². The molecule has 47 heavy (non-hydrogen) atoms. The van der Waals surface area contributed by atoms with Crippen LogP contribution in [-0.2, 0) is 16.1 Å². The molecule has 0 fully saturated rings. The van der Waals surface area contributed by atoms with E-state index in [-0.39, 0.29) is 30.0 Å². The summed E-state index contributed by atoms with van der Waals surface area (Å²) in [5, 5.41) is 12.7. The summed E-state index contributed by atoms with van der Waals surface area (Å²) in [5.41, 5.74) is 2.64. The average Bonchev–Trinajstić information content (AvgIpc) is 3.37. The summed E-state index contributed by atoms with van der Waals surface area (Å²) >= 11 is 4.79. The number of non-ortho nitro benzene ring substituents is 1. The van der Waals surface area contributed by atoms with Gasteiger partial charge in [-0.3, -0.25) is 19.5 Å². The normalized spacial score (nSPS) is 14.5. The van der Waals surface area contributed by atoms with Crippen LogP contribution in [0.25, 0.3) is 16.8 Å². The van der Waals surface area contributed by atoms with E-state index in [1.54, 1.807) is 49.8 Å². The lowest BCUT2D eigenvalue weighted by atomic mass is 9.90. The molecule has 0 bridgehead atoms. The van der Waals surface area contributed by atoms with Crippen molar-refractivity contribution in [1.29, 1.82) is 0 Å². The number of nitrogens with zero attached hydrogens (tertiary/aromatic N) is 3. The van der Waals surface area contributed by atoms with Crippen molar-refractivity contribution in [3.63, 3.8) is 0 Å². The summed E-state index contributed by atoms with van der Waals surface area (Å²) in [6.07, 6.45) is 1.77. The molecule has 5 aromatic rings. The molecule has 0 aliphatic carbocycles. The molecule has 0 saturated carbocycles. The number of ether oxygens (including phenoxy) is 3. The summed E-state index contributed by atoms with van der Waals surface area (Å²) in [4.78, 5) is 43.3. The number of esters is 1. The van der Waals surface area contributed by atoms with Crippen molar-refractivity contribution in [3.05, 3.63) is 141 Å². The summed E-state index contributed by atoms with van der Waals surface area (Å²) in [6.45, 7) is 3.87. The molecule has 0 radical (unpaired) electrons. The standard InChI is InChI=1S/C35H28BrN3O7S/c1-4-45-34(41)30-20(2)37-35-38(32(30)31-25-8-6-5-7-23(25)12-16-28(31)44-3)33(40)29(47-35)18-22-11-15-27(26(36)17-22)46-19-21-9-13-24(14-10-21)39(42)43/h5-18,32H,4,19H2,1-3H3/b29-18-/t32-/m0/s1. The molecule has 4 aromatic carbocycles. The van der Waals surface area contributed by atoms with Crippen molar-refractivity contribution in [3.8, 4) is 11.5 Å². The van der Waals surface area contributed by atoms with Gasteiger partial charge >= 0.3 is 5.97 Å². The Kier molecular flexibility index (Phi) is 9.06. The minimum absolute atomic E-state index is 0.0134. The predicted octanol–water partition coefficient (Wildman–Crippen LogP) is 6.21. The average molecular weight is 715 g/mol. The molecule has 1 atom stereocenters. The summed E-state index contributed by atoms with van der Waals surface area (Å²) < 4.78 is 19.9. The van der Waals surface area contributed by atoms with Gasteiger partial charge < -0.3 is 14.2 Å². The fourth-order valence-electron chi connectivity index (χ4n) is 5.55. The van der Waals surface area contributed by atoms with Crippen LogP contribution in [0.15, 0.2) is 104 Å². The van der Waals surface area contributed by atoms with E-state index in [9.17, 15) is 19.7 Å². The van der Waals surface area contributed by atoms with Gasteiger partial charge in [0, 0.05) is 17.7 Å². The molecule has 0 saturated heterocycles. The van der Waals surface area contributed by atoms with E-state index in [0.29, 0.717) is 36.6 Å². The molecule has 0 amide bonds. The Morgan fingerprint density at radius 1 is 1.09 bits per heavy atom. The van der Waals surface area contributed by atoms with Gasteiger partial charge in [0.1, 0.15) is 24.1 Å². The Balaban J connectivity index is 1.41. The number of benzene rings is 4. The molecule has 10 nitrogen and oxygen atoms in total. The van der Waals surface area contributed by atoms with E-state index in [1.807, 2.05) is 48.5 Å². The molecule has 2 heterocycles. The van der Waals surface area contributed by atoms with Gasteiger partial charge in [0.2, 0.25) is 0 Å². The Morgan fingerprint density at radius 3 is 2.53 bits per heavy atom. The van der Waals surface area contributed by atoms with Crippen molar-refractivity contribution in [1.82, 2.24) is 4.57 Å². The van der Waals surface area contributed by atoms with Gasteiger partial charge in [-0.25, -0.2) is 9.79 Å². The second-order valence-electron chi connectivity index (χ2n) is 10.6. The maximum Gasteiger partial charge on any atom is 0.338 e. The Hall–Kier alpha value is -5.07. The topological polar surface area (TPSA) is 122 Å². The first-order chi connectivity index (χ1) is 22.7. The quantitative estimate of drug-likeness (QED) is 0.101. The summed E-state index contributed by atoms with van der Waals surface area (Å²) in [5.74, 6) is 0.559. The van der Waals surface area contributed by atoms with Crippen molar-refractivity contribution in [2.45, 2.75) is 26.5 Å². The molecule has 238 valence electrons. The number of hydrogen-bond acceptors (Lipinski definition) is 9. The van der Waals surface area contributed by atoms with E-state index in [2.05, 4.69) is 15.9 Å². The number of nitro benzene ring substituents is 1. The molecule has 1 aliphatic rings. The van der Waals surface area contributed by atoms with E-state index in [0.717, 1.165) is 21.9 Å². The van der Waals surface area contributed by atoms with E-state index >= 15 is 0 Å². The third-order valence-corrected chi connectivity index (χ3v) is 9.34. The van der Waals surface area contributed by atoms with Crippen LogP contribution in [-0.4, -0.2) is 29.2 Å². The molecule has 1 aromatic heterocycles. The van der Waals surface area contributed by atoms with Crippen LogP contribution >= 0.6 is 27.3 Å². The second kappa shape index (κ2) is 13.3. The van der Waals surface area contributed by atoms with Gasteiger partial charge in [0.25, 0.3) is 11.2 Å². The number of hydrogen-bond donors (Lipinski definition) is 0. The second-order valence-corrected chi connectivity index (χ2v) is 12.5. The fourth-order valence-corrected chi connectivity index (χ4v) is 7.11. The van der Waals surface area contributed by atoms with Crippen LogP contribution in [0.5, 0.6) is 11.5 Å². The number of rotatable bonds is 9. The molecule has 6 rings (SSSR count). The minimum Gasteiger partial charge on any atom is -0.496 e. The van der Waals surface area contributed by atoms with Crippen LogP contribution in [0, 0.1) is 10.1 Å². The number of carbonyl (C=O) groups excluding carboxylic acids is 1. The van der Waals surface area contributed by atoms with Crippen LogP contribution < -0.4 is 24.4 Å². The summed E-state index contributed by atoms with van der Waals surface area (Å²) in [7, 11) is 1.56. The highest BCUT2D eigenvalue weighted by atomic mass is 79.9. The Bertz CT molecular complexity index is 2260. The zero-order valence-electron chi connectivity index (χ0n) is 25.6. The third kappa shape index (κ3) is 6.21. The molecule has 1 aliphatic heterocycles. The number of aromatic nitrogens is 1. The first-order valence-corrected chi connectivity index (χ1v) is 16.2. The number of thiazole rings is 1. The van der Waals surface area contributed by atoms with Crippen LogP contribution in [0.1, 0.15) is 36.6 Å². The molecular formula is C35H28BrN3O7S. The monoisotopic (exact) mass is 713 g/mol. The van der Waals surface area contributed by atoms with Crippen molar-refractivity contribution >= 4 is 55.8 Å². The fraction of sp³-hybridized carbons (Fsp3) is 0.171. The lowest BCUT2D eigenvalue weighted by Crippen LogP contribution is -2.40. The van der Waals surface area contributed by atoms with E-state index in [1.165, 1.54) is 23.5 Å². The highest BCUT2D eigenvalue weighted by Crippen LogP contribution is 2.40. The van der Waals surface area contributed by atoms with Crippen LogP contribution in [0.2, 0.25) is 0 Å². The number of halogens is 1. The smallest absolute Gasteiger partial charge is 0.338 e. The van der Waals surface area contributed by atoms with E-state index < -0.39 is 16.9 Å². The predicted molar refractivity (Wildman–Crippen MR) is 182 cm³/mol. The Morgan fingerprint density at radius 2 is 1.83 bits per heavy atom. The maximum atomic E-state index is 14.2. The van der Waals surface area contributed by atoms with Crippen molar-refractivity contribution in [2.75, 3.05) is 13.7 Å². The zero-order chi connectivity index (χ0) is 33.2. The number of nitro groups is 1. The van der Waals surface area contributed by atoms with Crippen LogP contribution in [0.4, 0.5) is 5.69 Å². The van der Waals surface area contributed by atoms with Gasteiger partial charge in [0.15, 0.2) is 4.80 Å². The third-order valence-electron chi connectivity index (χ3n) is 7.74. The lowest BCUT2D eigenvalue weighted by molar-refractivity contribution is -0.384. The maximum absolute atomic E-state index is 14.2. The molecule has 12 heteroatoms. The zero-order valence-corrected chi connectivity index (χ0v) is 28.0. The molecule has 0 spiro atoms. The minimum atomic E-state index is -0.838. The lowest BCUT2D eigenvalue weighted by Gasteiger charge is -2.27. The van der Waals surface area contributed by atoms with Crippen molar-refractivity contribution in [2.24, 2.45) is 4.99 Å². The first kappa shape index (κ1) is 31.9. The number of fused-ring (bicyclic) bond motifs is 2. The van der Waals surface area contributed by atoms with Crippen molar-refractivity contribution < 1.29 is 23.9 Å². The first-order valence-electron chi connectivity index (χ1n) is 14.6. The van der Waals surface area contributed by atoms with Gasteiger partial charge in [-0.1, -0.05) is 47.7 Å². The van der Waals surface area contributed by atoms with Gasteiger partial charge in [-0.2, -0.15) is 0 Å². The van der Waals surface area contributed by atoms with Gasteiger partial charge in [-0.15, -0.1) is 0 Å². The molecular weight excluding hydrogens is 686 g/mol. The SMILES string of the molecule is CCOC(=O)C1=C(C)N=c2s/c(=C\c3ccc(OCc4ccc([N+](=O)[O-])cc4)c(Br)c3)c(=O)n2[C@@H]1c1c(OC)ccc2ccccc12. The van der Waals surface area contributed by atoms with Gasteiger partial charge in [0.05, 0.1) is 38.9 Å². The highest BCUT2D eigenvalue weighted by molar-refractivity contribution is 9.10. The highest BCUT2D eigenvalue weighted by Gasteiger charge is 2.36. The molecule has 0 N–H and O–H groups in total. The summed E-state index contributed by atoms with van der Waals surface area (Å²) in [6, 6.07) is 22.3. The number of carbonyl (C=O) groups is 1. The molecule has 0 unspecified atom stereocenters.